The number of ether oxygens (including phenoxy) is 1. The molecule has 0 saturated heterocycles. The molecule has 2 aromatic rings. The Morgan fingerprint density at radius 3 is 2.40 bits per heavy atom. The molecule has 0 aliphatic heterocycles. The maximum absolute atomic E-state index is 6.23. The van der Waals surface area contributed by atoms with Gasteiger partial charge in [-0.3, -0.25) is 0 Å². The molecule has 0 heterocycles. The fourth-order valence-electron chi connectivity index (χ4n) is 2.15. The van der Waals surface area contributed by atoms with Gasteiger partial charge in [-0.15, -0.1) is 0 Å². The van der Waals surface area contributed by atoms with E-state index in [1.54, 1.807) is 7.11 Å². The summed E-state index contributed by atoms with van der Waals surface area (Å²) in [4.78, 5) is 0. The van der Waals surface area contributed by atoms with Crippen molar-refractivity contribution in [3.05, 3.63) is 69.7 Å². The van der Waals surface area contributed by atoms with Crippen molar-refractivity contribution < 1.29 is 4.74 Å². The lowest BCUT2D eigenvalue weighted by Gasteiger charge is -2.11. The second kappa shape index (κ2) is 7.44. The highest BCUT2D eigenvalue weighted by molar-refractivity contribution is 6.31. The van der Waals surface area contributed by atoms with Crippen LogP contribution in [-0.4, -0.2) is 7.11 Å². The number of nitrogens with one attached hydrogen (secondary N) is 1. The van der Waals surface area contributed by atoms with E-state index in [4.69, 9.17) is 16.3 Å². The minimum Gasteiger partial charge on any atom is -0.380 e. The van der Waals surface area contributed by atoms with Crippen molar-refractivity contribution in [2.45, 2.75) is 26.6 Å². The van der Waals surface area contributed by atoms with E-state index in [1.807, 2.05) is 19.1 Å². The number of aryl methyl sites for hydroxylation is 1. The van der Waals surface area contributed by atoms with Gasteiger partial charge in [0.2, 0.25) is 0 Å². The standard InChI is InChI=1S/C17H20ClNO/c1-13-7-8-15(17(18)9-13)11-19-10-14-5-3-4-6-16(14)12-20-2/h3-9,19H,10-12H2,1-2H3. The summed E-state index contributed by atoms with van der Waals surface area (Å²) in [6, 6.07) is 14.5. The van der Waals surface area contributed by atoms with Crippen molar-refractivity contribution in [2.24, 2.45) is 0 Å². The quantitative estimate of drug-likeness (QED) is 0.865. The van der Waals surface area contributed by atoms with Crippen molar-refractivity contribution in [1.29, 1.82) is 0 Å². The molecule has 0 saturated carbocycles. The van der Waals surface area contributed by atoms with Crippen LogP contribution < -0.4 is 5.32 Å². The molecule has 1 N–H and O–H groups in total. The van der Waals surface area contributed by atoms with Gasteiger partial charge in [-0.25, -0.2) is 0 Å². The van der Waals surface area contributed by atoms with E-state index in [-0.39, 0.29) is 0 Å². The highest BCUT2D eigenvalue weighted by Crippen LogP contribution is 2.17. The van der Waals surface area contributed by atoms with E-state index in [2.05, 4.69) is 35.6 Å². The molecule has 0 unspecified atom stereocenters. The predicted octanol–water partition coefficient (Wildman–Crippen LogP) is 4.08. The van der Waals surface area contributed by atoms with E-state index in [0.29, 0.717) is 6.61 Å². The molecule has 0 spiro atoms. The van der Waals surface area contributed by atoms with E-state index >= 15 is 0 Å². The zero-order chi connectivity index (χ0) is 14.4. The fourth-order valence-corrected chi connectivity index (χ4v) is 2.46. The van der Waals surface area contributed by atoms with E-state index in [0.717, 1.165) is 23.7 Å². The van der Waals surface area contributed by atoms with Crippen molar-refractivity contribution in [2.75, 3.05) is 7.11 Å². The minimum absolute atomic E-state index is 0.642. The summed E-state index contributed by atoms with van der Waals surface area (Å²) in [6.45, 7) is 4.26. The summed E-state index contributed by atoms with van der Waals surface area (Å²) >= 11 is 6.23. The van der Waals surface area contributed by atoms with Crippen LogP contribution in [0.4, 0.5) is 0 Å². The van der Waals surface area contributed by atoms with Crippen LogP contribution in [0.25, 0.3) is 0 Å². The van der Waals surface area contributed by atoms with Gasteiger partial charge in [0.05, 0.1) is 6.61 Å². The fraction of sp³-hybridized carbons (Fsp3) is 0.294. The van der Waals surface area contributed by atoms with Crippen LogP contribution in [0.15, 0.2) is 42.5 Å². The van der Waals surface area contributed by atoms with Gasteiger partial charge in [0.15, 0.2) is 0 Å². The Hall–Kier alpha value is -1.35. The van der Waals surface area contributed by atoms with Crippen molar-refractivity contribution in [3.63, 3.8) is 0 Å². The van der Waals surface area contributed by atoms with Crippen LogP contribution in [0.1, 0.15) is 22.3 Å². The molecule has 2 aromatic carbocycles. The largest absolute Gasteiger partial charge is 0.380 e. The molecular weight excluding hydrogens is 270 g/mol. The number of hydrogen-bond donors (Lipinski definition) is 1. The van der Waals surface area contributed by atoms with Gasteiger partial charge in [-0.2, -0.15) is 0 Å². The molecule has 0 aliphatic rings. The van der Waals surface area contributed by atoms with Crippen LogP contribution in [0.3, 0.4) is 0 Å². The first-order valence-electron chi connectivity index (χ1n) is 6.72. The van der Waals surface area contributed by atoms with Crippen molar-refractivity contribution >= 4 is 11.6 Å². The van der Waals surface area contributed by atoms with Gasteiger partial charge in [0, 0.05) is 25.2 Å². The first-order chi connectivity index (χ1) is 9.70. The highest BCUT2D eigenvalue weighted by Gasteiger charge is 2.03. The molecule has 0 radical (unpaired) electrons. The second-order valence-corrected chi connectivity index (χ2v) is 5.31. The van der Waals surface area contributed by atoms with Gasteiger partial charge in [0.25, 0.3) is 0 Å². The molecule has 0 amide bonds. The zero-order valence-electron chi connectivity index (χ0n) is 11.9. The van der Waals surface area contributed by atoms with Crippen LogP contribution in [0, 0.1) is 6.92 Å². The Kier molecular flexibility index (Phi) is 5.60. The molecule has 2 nitrogen and oxygen atoms in total. The Bertz CT molecular complexity index is 569. The van der Waals surface area contributed by atoms with Crippen LogP contribution in [0.2, 0.25) is 5.02 Å². The van der Waals surface area contributed by atoms with Gasteiger partial charge < -0.3 is 10.1 Å². The minimum atomic E-state index is 0.642. The summed E-state index contributed by atoms with van der Waals surface area (Å²) < 4.78 is 5.22. The third kappa shape index (κ3) is 4.07. The molecule has 0 bridgehead atoms. The van der Waals surface area contributed by atoms with Gasteiger partial charge in [-0.05, 0) is 35.2 Å². The number of benzene rings is 2. The lowest BCUT2D eigenvalue weighted by Crippen LogP contribution is -2.14. The first kappa shape index (κ1) is 15.0. The molecule has 0 aliphatic carbocycles. The van der Waals surface area contributed by atoms with Crippen LogP contribution in [-0.2, 0) is 24.4 Å². The Labute approximate surface area is 125 Å². The van der Waals surface area contributed by atoms with E-state index in [9.17, 15) is 0 Å². The molecule has 0 aromatic heterocycles. The first-order valence-corrected chi connectivity index (χ1v) is 7.10. The van der Waals surface area contributed by atoms with Crippen molar-refractivity contribution in [1.82, 2.24) is 5.32 Å². The Morgan fingerprint density at radius 1 is 1.00 bits per heavy atom. The Balaban J connectivity index is 1.96. The smallest absolute Gasteiger partial charge is 0.0716 e. The maximum Gasteiger partial charge on any atom is 0.0716 e. The monoisotopic (exact) mass is 289 g/mol. The number of methoxy groups -OCH3 is 1. The summed E-state index contributed by atoms with van der Waals surface area (Å²) in [6.07, 6.45) is 0. The maximum atomic E-state index is 6.23. The third-order valence-corrected chi connectivity index (χ3v) is 3.61. The summed E-state index contributed by atoms with van der Waals surface area (Å²) in [7, 11) is 1.72. The number of halogens is 1. The molecule has 106 valence electrons. The summed E-state index contributed by atoms with van der Waals surface area (Å²) in [5, 5.41) is 4.26. The van der Waals surface area contributed by atoms with Crippen LogP contribution >= 0.6 is 11.6 Å². The van der Waals surface area contributed by atoms with Gasteiger partial charge >= 0.3 is 0 Å². The molecule has 0 atom stereocenters. The highest BCUT2D eigenvalue weighted by atomic mass is 35.5. The topological polar surface area (TPSA) is 21.3 Å². The molecule has 3 heteroatoms. The zero-order valence-corrected chi connectivity index (χ0v) is 12.7. The lowest BCUT2D eigenvalue weighted by molar-refractivity contribution is 0.184. The molecule has 0 fully saturated rings. The predicted molar refractivity (Wildman–Crippen MR) is 83.9 cm³/mol. The molecular formula is C17H20ClNO. The van der Waals surface area contributed by atoms with Gasteiger partial charge in [0.1, 0.15) is 0 Å². The number of hydrogen-bond acceptors (Lipinski definition) is 2. The van der Waals surface area contributed by atoms with Crippen molar-refractivity contribution in [3.8, 4) is 0 Å². The average molecular weight is 290 g/mol. The summed E-state index contributed by atoms with van der Waals surface area (Å²) in [5.41, 5.74) is 4.79. The summed E-state index contributed by atoms with van der Waals surface area (Å²) in [5.74, 6) is 0. The normalized spacial score (nSPS) is 10.8. The number of rotatable bonds is 6. The lowest BCUT2D eigenvalue weighted by atomic mass is 10.1. The third-order valence-electron chi connectivity index (χ3n) is 3.26. The molecule has 20 heavy (non-hydrogen) atoms. The van der Waals surface area contributed by atoms with Crippen LogP contribution in [0.5, 0.6) is 0 Å². The second-order valence-electron chi connectivity index (χ2n) is 4.90. The Morgan fingerprint density at radius 2 is 1.70 bits per heavy atom. The van der Waals surface area contributed by atoms with E-state index in [1.165, 1.54) is 16.7 Å². The SMILES string of the molecule is COCc1ccccc1CNCc1ccc(C)cc1Cl. The average Bonchev–Trinajstić information content (AvgIpc) is 2.43. The van der Waals surface area contributed by atoms with E-state index < -0.39 is 0 Å². The molecule has 2 rings (SSSR count). The van der Waals surface area contributed by atoms with Gasteiger partial charge in [-0.1, -0.05) is 48.0 Å².